The first-order valence-corrected chi connectivity index (χ1v) is 10.5. The summed E-state index contributed by atoms with van der Waals surface area (Å²) in [5.74, 6) is 0.0966. The van der Waals surface area contributed by atoms with Crippen molar-refractivity contribution in [1.29, 1.82) is 5.26 Å². The summed E-state index contributed by atoms with van der Waals surface area (Å²) in [6.07, 6.45) is -0.575. The van der Waals surface area contributed by atoms with Crippen LogP contribution in [0.2, 0.25) is 0 Å². The Morgan fingerprint density at radius 2 is 1.87 bits per heavy atom. The van der Waals surface area contributed by atoms with Crippen LogP contribution < -0.4 is 16.8 Å². The quantitative estimate of drug-likeness (QED) is 0.479. The van der Waals surface area contributed by atoms with Gasteiger partial charge in [0.05, 0.1) is 12.2 Å². The number of nitrogens with one attached hydrogen (secondary N) is 1. The first-order valence-electron chi connectivity index (χ1n) is 9.67. The molecule has 2 heterocycles. The number of pyridine rings is 1. The van der Waals surface area contributed by atoms with E-state index < -0.39 is 6.29 Å². The number of aromatic nitrogens is 1. The number of carbonyl (C=O) groups is 1. The Labute approximate surface area is 184 Å². The largest absolute Gasteiger partial charge is 0.397 e. The predicted octanol–water partition coefficient (Wildman–Crippen LogP) is 3.47. The molecule has 31 heavy (non-hydrogen) atoms. The van der Waals surface area contributed by atoms with Gasteiger partial charge >= 0.3 is 0 Å². The van der Waals surface area contributed by atoms with Gasteiger partial charge in [-0.1, -0.05) is 38.1 Å². The molecule has 162 valence electrons. The van der Waals surface area contributed by atoms with E-state index in [1.807, 2.05) is 24.3 Å². The van der Waals surface area contributed by atoms with Gasteiger partial charge in [0, 0.05) is 25.2 Å². The number of nitriles is 1. The van der Waals surface area contributed by atoms with E-state index in [2.05, 4.69) is 30.2 Å². The Morgan fingerprint density at radius 3 is 2.42 bits per heavy atom. The van der Waals surface area contributed by atoms with E-state index in [1.54, 1.807) is 0 Å². The average Bonchev–Trinajstić information content (AvgIpc) is 3.09. The Morgan fingerprint density at radius 1 is 1.23 bits per heavy atom. The molecule has 0 atom stereocenters. The highest BCUT2D eigenvalue weighted by Crippen LogP contribution is 2.42. The first-order chi connectivity index (χ1) is 14.8. The fraction of sp³-hybridized carbons (Fsp3) is 0.318. The van der Waals surface area contributed by atoms with Crippen molar-refractivity contribution in [3.63, 3.8) is 0 Å². The lowest BCUT2D eigenvalue weighted by atomic mass is 9.94. The van der Waals surface area contributed by atoms with Crippen LogP contribution in [0.5, 0.6) is 0 Å². The summed E-state index contributed by atoms with van der Waals surface area (Å²) in [4.78, 5) is 17.9. The molecule has 5 N–H and O–H groups in total. The fourth-order valence-electron chi connectivity index (χ4n) is 3.29. The Bertz CT molecular complexity index is 1140. The van der Waals surface area contributed by atoms with Crippen LogP contribution in [0.25, 0.3) is 21.3 Å². The summed E-state index contributed by atoms with van der Waals surface area (Å²) in [6, 6.07) is 10.0. The normalized spacial score (nSPS) is 11.3. The van der Waals surface area contributed by atoms with Crippen molar-refractivity contribution in [2.24, 2.45) is 0 Å². The maximum absolute atomic E-state index is 12.8. The number of nitrogen functional groups attached to an aromatic ring is 2. The second kappa shape index (κ2) is 9.31. The lowest BCUT2D eigenvalue weighted by Crippen LogP contribution is -2.34. The van der Waals surface area contributed by atoms with E-state index >= 15 is 0 Å². The number of fused-ring (bicyclic) bond motifs is 1. The molecule has 1 amide bonds. The van der Waals surface area contributed by atoms with E-state index in [1.165, 1.54) is 19.8 Å². The predicted molar refractivity (Wildman–Crippen MR) is 123 cm³/mol. The third-order valence-electron chi connectivity index (χ3n) is 5.04. The summed E-state index contributed by atoms with van der Waals surface area (Å²) in [5.41, 5.74) is 15.5. The Hall–Kier alpha value is -3.19. The topological polar surface area (TPSA) is 136 Å². The molecule has 2 aromatic heterocycles. The van der Waals surface area contributed by atoms with E-state index in [-0.39, 0.29) is 29.5 Å². The summed E-state index contributed by atoms with van der Waals surface area (Å²) in [7, 11) is 2.97. The van der Waals surface area contributed by atoms with Crippen molar-refractivity contribution in [3.8, 4) is 17.2 Å². The van der Waals surface area contributed by atoms with E-state index in [0.29, 0.717) is 26.6 Å². The molecule has 3 aromatic rings. The van der Waals surface area contributed by atoms with Gasteiger partial charge in [-0.3, -0.25) is 4.79 Å². The highest BCUT2D eigenvalue weighted by molar-refractivity contribution is 7.21. The van der Waals surface area contributed by atoms with Gasteiger partial charge < -0.3 is 26.3 Å². The number of benzene rings is 1. The molecule has 0 unspecified atom stereocenters. The average molecular weight is 440 g/mol. The third-order valence-corrected chi connectivity index (χ3v) is 6.14. The molecule has 0 fully saturated rings. The van der Waals surface area contributed by atoms with Crippen LogP contribution in [0.4, 0.5) is 11.5 Å². The van der Waals surface area contributed by atoms with E-state index in [0.717, 1.165) is 16.9 Å². The van der Waals surface area contributed by atoms with Gasteiger partial charge in [0.25, 0.3) is 5.91 Å². The van der Waals surface area contributed by atoms with Crippen molar-refractivity contribution in [3.05, 3.63) is 40.3 Å². The fourth-order valence-corrected chi connectivity index (χ4v) is 4.32. The maximum atomic E-state index is 12.8. The van der Waals surface area contributed by atoms with E-state index in [4.69, 9.17) is 20.9 Å². The molecule has 0 bridgehead atoms. The van der Waals surface area contributed by atoms with Crippen LogP contribution in [-0.2, 0) is 9.47 Å². The molecule has 1 aromatic carbocycles. The Kier molecular flexibility index (Phi) is 6.75. The van der Waals surface area contributed by atoms with Gasteiger partial charge in [0.2, 0.25) is 0 Å². The van der Waals surface area contributed by atoms with Crippen molar-refractivity contribution < 1.29 is 14.3 Å². The molecule has 0 spiro atoms. The highest BCUT2D eigenvalue weighted by Gasteiger charge is 2.24. The van der Waals surface area contributed by atoms with Gasteiger partial charge in [0.1, 0.15) is 27.2 Å². The molecular formula is C22H25N5O3S. The summed E-state index contributed by atoms with van der Waals surface area (Å²) >= 11 is 1.13. The molecular weight excluding hydrogens is 414 g/mol. The molecule has 0 aliphatic heterocycles. The van der Waals surface area contributed by atoms with Crippen LogP contribution in [-0.4, -0.2) is 37.9 Å². The molecule has 8 nitrogen and oxygen atoms in total. The van der Waals surface area contributed by atoms with Gasteiger partial charge in [-0.05, 0) is 17.0 Å². The van der Waals surface area contributed by atoms with Crippen molar-refractivity contribution in [2.75, 3.05) is 32.2 Å². The zero-order chi connectivity index (χ0) is 22.7. The van der Waals surface area contributed by atoms with Crippen LogP contribution in [0, 0.1) is 11.3 Å². The number of thiophene rings is 1. The SMILES string of the molecule is COC(CNC(=O)c1sc2nc(N)c(C#N)c(-c3ccc(C(C)C)cc3)c2c1N)OC. The van der Waals surface area contributed by atoms with E-state index in [9.17, 15) is 10.1 Å². The molecule has 3 rings (SSSR count). The minimum atomic E-state index is -0.575. The zero-order valence-electron chi connectivity index (χ0n) is 17.9. The second-order valence-electron chi connectivity index (χ2n) is 7.27. The number of nitrogens with zero attached hydrogens (tertiary/aromatic N) is 2. The van der Waals surface area contributed by atoms with Crippen molar-refractivity contribution in [2.45, 2.75) is 26.1 Å². The molecule has 0 saturated carbocycles. The number of rotatable bonds is 7. The molecule has 9 heteroatoms. The summed E-state index contributed by atoms with van der Waals surface area (Å²) < 4.78 is 10.2. The van der Waals surface area contributed by atoms with Gasteiger partial charge in [-0.15, -0.1) is 11.3 Å². The lowest BCUT2D eigenvalue weighted by Gasteiger charge is -2.13. The standard InChI is InChI=1S/C22H25N5O3S/c1-11(2)12-5-7-13(8-6-12)16-14(9-23)20(25)27-22-17(16)18(24)19(31-22)21(28)26-10-15(29-3)30-4/h5-8,11,15H,10,24H2,1-4H3,(H2,25,27)(H,26,28). The van der Waals surface area contributed by atoms with Gasteiger partial charge in [0.15, 0.2) is 6.29 Å². The summed E-state index contributed by atoms with van der Waals surface area (Å²) in [5, 5.41) is 13.0. The highest BCUT2D eigenvalue weighted by atomic mass is 32.1. The molecule has 0 radical (unpaired) electrons. The van der Waals surface area contributed by atoms with Crippen molar-refractivity contribution in [1.82, 2.24) is 10.3 Å². The number of amides is 1. The van der Waals surface area contributed by atoms with Crippen LogP contribution in [0.15, 0.2) is 24.3 Å². The second-order valence-corrected chi connectivity index (χ2v) is 8.27. The number of hydrogen-bond donors (Lipinski definition) is 3. The number of ether oxygens (including phenoxy) is 2. The number of carbonyl (C=O) groups excluding carboxylic acids is 1. The van der Waals surface area contributed by atoms with Gasteiger partial charge in [-0.2, -0.15) is 5.26 Å². The zero-order valence-corrected chi connectivity index (χ0v) is 18.7. The number of methoxy groups -OCH3 is 2. The number of nitrogens with two attached hydrogens (primary N) is 2. The lowest BCUT2D eigenvalue weighted by molar-refractivity contribution is -0.0974. The monoisotopic (exact) mass is 439 g/mol. The number of hydrogen-bond acceptors (Lipinski definition) is 8. The first kappa shape index (κ1) is 22.5. The van der Waals surface area contributed by atoms with Crippen LogP contribution in [0.3, 0.4) is 0 Å². The number of anilines is 2. The smallest absolute Gasteiger partial charge is 0.263 e. The molecule has 0 aliphatic rings. The third kappa shape index (κ3) is 4.32. The Balaban J connectivity index is 2.13. The minimum absolute atomic E-state index is 0.102. The van der Waals surface area contributed by atoms with Gasteiger partial charge in [-0.25, -0.2) is 4.98 Å². The van der Waals surface area contributed by atoms with Crippen molar-refractivity contribution >= 4 is 39.0 Å². The molecule has 0 saturated heterocycles. The summed E-state index contributed by atoms with van der Waals surface area (Å²) in [6.45, 7) is 4.37. The molecule has 0 aliphatic carbocycles. The van der Waals surface area contributed by atoms with Crippen LogP contribution in [0.1, 0.15) is 40.6 Å². The maximum Gasteiger partial charge on any atom is 0.263 e. The minimum Gasteiger partial charge on any atom is -0.397 e. The van der Waals surface area contributed by atoms with Crippen LogP contribution >= 0.6 is 11.3 Å².